The minimum atomic E-state index is -1.08. The third-order valence-electron chi connectivity index (χ3n) is 3.79. The van der Waals surface area contributed by atoms with Crippen LogP contribution in [0.4, 0.5) is 0 Å². The van der Waals surface area contributed by atoms with Gasteiger partial charge in [-0.1, -0.05) is 31.0 Å². The highest BCUT2D eigenvalue weighted by molar-refractivity contribution is 6.28. The summed E-state index contributed by atoms with van der Waals surface area (Å²) in [7, 11) is 0. The van der Waals surface area contributed by atoms with Crippen molar-refractivity contribution in [3.63, 3.8) is 0 Å². The van der Waals surface area contributed by atoms with Gasteiger partial charge in [0, 0.05) is 6.54 Å². The summed E-state index contributed by atoms with van der Waals surface area (Å²) in [5.41, 5.74) is 0. The third kappa shape index (κ3) is 1.34. The summed E-state index contributed by atoms with van der Waals surface area (Å²) in [6.07, 6.45) is 4.97. The summed E-state index contributed by atoms with van der Waals surface area (Å²) in [6.45, 7) is 2.53. The summed E-state index contributed by atoms with van der Waals surface area (Å²) < 4.78 is 5.51. The molecule has 2 fully saturated rings. The molecule has 0 spiro atoms. The first-order chi connectivity index (χ1) is 8.08. The van der Waals surface area contributed by atoms with E-state index in [4.69, 9.17) is 16.3 Å². The van der Waals surface area contributed by atoms with Gasteiger partial charge in [0.15, 0.2) is 5.06 Å². The molecule has 17 heavy (non-hydrogen) atoms. The second-order valence-corrected chi connectivity index (χ2v) is 5.42. The molecule has 2 bridgehead atoms. The second-order valence-electron chi connectivity index (χ2n) is 4.82. The van der Waals surface area contributed by atoms with Crippen LogP contribution in [-0.2, 0) is 14.3 Å². The number of nitrogens with zero attached hydrogens (tertiary/aromatic N) is 1. The molecule has 4 atom stereocenters. The molecule has 3 rings (SSSR count). The molecule has 3 aliphatic rings. The third-order valence-corrected chi connectivity index (χ3v) is 4.24. The molecule has 0 aromatic rings. The fourth-order valence-corrected chi connectivity index (χ4v) is 3.32. The molecule has 3 aliphatic heterocycles. The molecule has 0 N–H and O–H groups in total. The van der Waals surface area contributed by atoms with E-state index < -0.39 is 16.9 Å². The molecule has 0 radical (unpaired) electrons. The average Bonchev–Trinajstić information content (AvgIpc) is 2.88. The number of ether oxygens (including phenoxy) is 1. The van der Waals surface area contributed by atoms with Crippen molar-refractivity contribution in [2.75, 3.05) is 6.54 Å². The zero-order valence-electron chi connectivity index (χ0n) is 9.56. The molecule has 2 amide bonds. The Labute approximate surface area is 105 Å². The number of amides is 2. The van der Waals surface area contributed by atoms with Gasteiger partial charge in [-0.2, -0.15) is 0 Å². The summed E-state index contributed by atoms with van der Waals surface area (Å²) in [6, 6.07) is 0. The molecule has 0 aromatic carbocycles. The van der Waals surface area contributed by atoms with E-state index in [1.165, 1.54) is 4.90 Å². The zero-order valence-corrected chi connectivity index (χ0v) is 10.3. The Morgan fingerprint density at radius 1 is 1.47 bits per heavy atom. The number of alkyl halides is 1. The molecule has 3 heterocycles. The van der Waals surface area contributed by atoms with E-state index in [-0.39, 0.29) is 17.9 Å². The van der Waals surface area contributed by atoms with Gasteiger partial charge in [0.05, 0.1) is 17.9 Å². The summed E-state index contributed by atoms with van der Waals surface area (Å²) in [5.74, 6) is -1.22. The van der Waals surface area contributed by atoms with Crippen molar-refractivity contribution in [3.05, 3.63) is 12.2 Å². The Bertz CT molecular complexity index is 422. The average molecular weight is 256 g/mol. The fourth-order valence-electron chi connectivity index (χ4n) is 2.92. The van der Waals surface area contributed by atoms with E-state index in [9.17, 15) is 9.59 Å². The van der Waals surface area contributed by atoms with Crippen molar-refractivity contribution in [2.24, 2.45) is 11.8 Å². The van der Waals surface area contributed by atoms with Crippen molar-refractivity contribution >= 4 is 23.4 Å². The Morgan fingerprint density at radius 2 is 2.24 bits per heavy atom. The van der Waals surface area contributed by atoms with Gasteiger partial charge in [-0.15, -0.1) is 0 Å². The lowest BCUT2D eigenvalue weighted by Crippen LogP contribution is -2.37. The first-order valence-corrected chi connectivity index (χ1v) is 6.37. The minimum Gasteiger partial charge on any atom is -0.347 e. The van der Waals surface area contributed by atoms with Gasteiger partial charge >= 0.3 is 0 Å². The van der Waals surface area contributed by atoms with Crippen molar-refractivity contribution in [2.45, 2.75) is 30.9 Å². The number of rotatable bonds is 3. The Morgan fingerprint density at radius 3 is 2.88 bits per heavy atom. The molecule has 0 saturated carbocycles. The van der Waals surface area contributed by atoms with Crippen LogP contribution in [0.2, 0.25) is 0 Å². The number of imide groups is 1. The number of hydrogen-bond acceptors (Lipinski definition) is 3. The van der Waals surface area contributed by atoms with Crippen molar-refractivity contribution in [1.29, 1.82) is 0 Å². The monoisotopic (exact) mass is 255 g/mol. The van der Waals surface area contributed by atoms with Crippen LogP contribution >= 0.6 is 11.6 Å². The number of fused-ring (bicyclic) bond motifs is 5. The molecule has 0 aliphatic carbocycles. The van der Waals surface area contributed by atoms with E-state index >= 15 is 0 Å². The lowest BCUT2D eigenvalue weighted by Gasteiger charge is -2.21. The van der Waals surface area contributed by atoms with Gasteiger partial charge < -0.3 is 4.74 Å². The highest BCUT2D eigenvalue weighted by atomic mass is 35.5. The quantitative estimate of drug-likeness (QED) is 0.434. The van der Waals surface area contributed by atoms with Crippen LogP contribution in [0.1, 0.15) is 19.8 Å². The molecule has 4 nitrogen and oxygen atoms in total. The topological polar surface area (TPSA) is 46.6 Å². The highest BCUT2D eigenvalue weighted by Crippen LogP contribution is 2.53. The van der Waals surface area contributed by atoms with Crippen molar-refractivity contribution in [1.82, 2.24) is 4.90 Å². The number of hydrogen-bond donors (Lipinski definition) is 0. The maximum Gasteiger partial charge on any atom is 0.237 e. The van der Waals surface area contributed by atoms with Gasteiger partial charge in [0.25, 0.3) is 0 Å². The molecule has 2 saturated heterocycles. The number of likely N-dealkylation sites (tertiary alicyclic amines) is 1. The standard InChI is InChI=1S/C12H14ClNO3/c1-2-3-6-14-10(15)8-7-4-5-12(13,17-7)9(8)11(14)16/h4-5,7-9H,2-3,6H2,1H3. The maximum atomic E-state index is 12.2. The van der Waals surface area contributed by atoms with E-state index in [2.05, 4.69) is 0 Å². The predicted octanol–water partition coefficient (Wildman–Crippen LogP) is 1.29. The smallest absolute Gasteiger partial charge is 0.237 e. The summed E-state index contributed by atoms with van der Waals surface area (Å²) in [4.78, 5) is 25.7. The second kappa shape index (κ2) is 3.56. The Balaban J connectivity index is 1.89. The molecular weight excluding hydrogens is 242 g/mol. The first kappa shape index (κ1) is 11.2. The van der Waals surface area contributed by atoms with Gasteiger partial charge in [-0.25, -0.2) is 0 Å². The molecular formula is C12H14ClNO3. The largest absolute Gasteiger partial charge is 0.347 e. The molecule has 4 unspecified atom stereocenters. The normalized spacial score (nSPS) is 42.7. The molecule has 92 valence electrons. The number of halogens is 1. The Hall–Kier alpha value is -0.870. The van der Waals surface area contributed by atoms with E-state index in [0.717, 1.165) is 12.8 Å². The Kier molecular flexibility index (Phi) is 2.35. The van der Waals surface area contributed by atoms with Gasteiger partial charge in [0.1, 0.15) is 0 Å². The lowest BCUT2D eigenvalue weighted by atomic mass is 9.85. The SMILES string of the molecule is CCCCN1C(=O)C2C3C=CC(Cl)(O3)C2C1=O. The van der Waals surface area contributed by atoms with Crippen molar-refractivity contribution < 1.29 is 14.3 Å². The maximum absolute atomic E-state index is 12.2. The minimum absolute atomic E-state index is 0.120. The van der Waals surface area contributed by atoms with Gasteiger partial charge in [-0.05, 0) is 12.5 Å². The summed E-state index contributed by atoms with van der Waals surface area (Å²) in [5, 5.41) is -1.08. The van der Waals surface area contributed by atoms with Crippen LogP contribution in [0, 0.1) is 11.8 Å². The van der Waals surface area contributed by atoms with Crippen LogP contribution in [0.5, 0.6) is 0 Å². The molecule has 5 heteroatoms. The van der Waals surface area contributed by atoms with Gasteiger partial charge in [0.2, 0.25) is 11.8 Å². The molecule has 0 aromatic heterocycles. The fraction of sp³-hybridized carbons (Fsp3) is 0.667. The van der Waals surface area contributed by atoms with Crippen LogP contribution in [-0.4, -0.2) is 34.4 Å². The highest BCUT2D eigenvalue weighted by Gasteiger charge is 2.67. The first-order valence-electron chi connectivity index (χ1n) is 6.00. The predicted molar refractivity (Wildman–Crippen MR) is 61.2 cm³/mol. The van der Waals surface area contributed by atoms with E-state index in [1.807, 2.05) is 6.92 Å². The number of carbonyl (C=O) groups is 2. The van der Waals surface area contributed by atoms with Crippen LogP contribution in [0.15, 0.2) is 12.2 Å². The van der Waals surface area contributed by atoms with E-state index in [0.29, 0.717) is 6.54 Å². The van der Waals surface area contributed by atoms with Crippen LogP contribution in [0.25, 0.3) is 0 Å². The van der Waals surface area contributed by atoms with Gasteiger partial charge in [-0.3, -0.25) is 14.5 Å². The lowest BCUT2D eigenvalue weighted by molar-refractivity contribution is -0.142. The number of unbranched alkanes of at least 4 members (excludes halogenated alkanes) is 1. The zero-order chi connectivity index (χ0) is 12.2. The van der Waals surface area contributed by atoms with E-state index in [1.54, 1.807) is 12.2 Å². The van der Waals surface area contributed by atoms with Crippen molar-refractivity contribution in [3.8, 4) is 0 Å². The van der Waals surface area contributed by atoms with Crippen LogP contribution < -0.4 is 0 Å². The number of carbonyl (C=O) groups excluding carboxylic acids is 2. The summed E-state index contributed by atoms with van der Waals surface area (Å²) >= 11 is 6.25. The van der Waals surface area contributed by atoms with Crippen LogP contribution in [0.3, 0.4) is 0 Å².